The monoisotopic (exact) mass is 401 g/mol. The lowest BCUT2D eigenvalue weighted by atomic mass is 10.2. The minimum atomic E-state index is -2.99. The molecule has 1 aromatic rings. The summed E-state index contributed by atoms with van der Waals surface area (Å²) in [5.41, 5.74) is 0.332. The molecule has 1 heterocycles. The Bertz CT molecular complexity index is 749. The predicted octanol–water partition coefficient (Wildman–Crippen LogP) is 1.27. The molecule has 0 spiro atoms. The molecular weight excluding hydrogens is 378 g/mol. The van der Waals surface area contributed by atoms with Crippen LogP contribution in [0.15, 0.2) is 29.2 Å². The fourth-order valence-corrected chi connectivity index (χ4v) is 6.09. The molecule has 1 N–H and O–H groups in total. The van der Waals surface area contributed by atoms with E-state index in [0.717, 1.165) is 0 Å². The molecule has 0 unspecified atom stereocenters. The molecule has 7 nitrogen and oxygen atoms in total. The summed E-state index contributed by atoms with van der Waals surface area (Å²) in [5.74, 6) is -0.722. The van der Waals surface area contributed by atoms with Crippen molar-refractivity contribution in [3.63, 3.8) is 0 Å². The van der Waals surface area contributed by atoms with Gasteiger partial charge in [0, 0.05) is 23.8 Å². The largest absolute Gasteiger partial charge is 0.449 e. The van der Waals surface area contributed by atoms with Crippen molar-refractivity contribution in [2.24, 2.45) is 0 Å². The number of thioether (sulfide) groups is 1. The number of esters is 1. The Labute approximate surface area is 157 Å². The predicted molar refractivity (Wildman–Crippen MR) is 99.1 cm³/mol. The summed E-state index contributed by atoms with van der Waals surface area (Å²) in [6, 6.07) is 6.86. The number of rotatable bonds is 8. The van der Waals surface area contributed by atoms with Gasteiger partial charge in [0.25, 0.3) is 5.91 Å². The minimum absolute atomic E-state index is 0.0799. The summed E-state index contributed by atoms with van der Waals surface area (Å²) in [4.78, 5) is 25.0. The molecule has 1 aliphatic rings. The Hall–Kier alpha value is -1.58. The van der Waals surface area contributed by atoms with E-state index in [2.05, 4.69) is 5.32 Å². The van der Waals surface area contributed by atoms with Crippen LogP contribution in [0.2, 0.25) is 0 Å². The Morgan fingerprint density at radius 1 is 1.35 bits per heavy atom. The van der Waals surface area contributed by atoms with Gasteiger partial charge in [0.2, 0.25) is 0 Å². The van der Waals surface area contributed by atoms with Gasteiger partial charge in [0.1, 0.15) is 0 Å². The molecule has 26 heavy (non-hydrogen) atoms. The van der Waals surface area contributed by atoms with E-state index in [1.807, 2.05) is 0 Å². The second-order valence-corrected chi connectivity index (χ2v) is 9.54. The van der Waals surface area contributed by atoms with Gasteiger partial charge >= 0.3 is 5.97 Å². The lowest BCUT2D eigenvalue weighted by Crippen LogP contribution is -2.37. The molecule has 1 amide bonds. The molecule has 0 saturated carbocycles. The van der Waals surface area contributed by atoms with E-state index in [-0.39, 0.29) is 16.8 Å². The maximum absolute atomic E-state index is 12.5. The van der Waals surface area contributed by atoms with E-state index in [9.17, 15) is 18.0 Å². The van der Waals surface area contributed by atoms with E-state index in [4.69, 9.17) is 9.47 Å². The van der Waals surface area contributed by atoms with Gasteiger partial charge in [-0.05, 0) is 25.5 Å². The van der Waals surface area contributed by atoms with Crippen LogP contribution in [0.25, 0.3) is 0 Å². The SMILES string of the molecule is COCCNC(=O)[C@H](C)OC(=O)c1ccccc1S[C@@H]1CCS(=O)(=O)C1. The molecule has 1 saturated heterocycles. The van der Waals surface area contributed by atoms with E-state index in [1.54, 1.807) is 24.3 Å². The van der Waals surface area contributed by atoms with Crippen LogP contribution >= 0.6 is 11.8 Å². The number of hydrogen-bond donors (Lipinski definition) is 1. The van der Waals surface area contributed by atoms with Gasteiger partial charge in [-0.15, -0.1) is 11.8 Å². The summed E-state index contributed by atoms with van der Waals surface area (Å²) < 4.78 is 33.3. The molecule has 1 fully saturated rings. The van der Waals surface area contributed by atoms with Crippen LogP contribution in [-0.2, 0) is 24.1 Å². The highest BCUT2D eigenvalue weighted by molar-refractivity contribution is 8.02. The van der Waals surface area contributed by atoms with Gasteiger partial charge in [-0.1, -0.05) is 12.1 Å². The van der Waals surface area contributed by atoms with Crippen LogP contribution in [0.5, 0.6) is 0 Å². The number of sulfone groups is 1. The second-order valence-electron chi connectivity index (χ2n) is 5.97. The molecule has 1 aliphatic heterocycles. The molecule has 0 aromatic heterocycles. The third-order valence-electron chi connectivity index (χ3n) is 3.85. The highest BCUT2D eigenvalue weighted by Gasteiger charge is 2.30. The van der Waals surface area contributed by atoms with Crippen LogP contribution in [0, 0.1) is 0 Å². The average molecular weight is 402 g/mol. The maximum Gasteiger partial charge on any atom is 0.340 e. The van der Waals surface area contributed by atoms with E-state index in [0.29, 0.717) is 30.0 Å². The minimum Gasteiger partial charge on any atom is -0.449 e. The summed E-state index contributed by atoms with van der Waals surface area (Å²) in [5, 5.41) is 2.53. The fourth-order valence-electron chi connectivity index (χ4n) is 2.47. The number of carbonyl (C=O) groups excluding carboxylic acids is 2. The molecule has 1 aromatic carbocycles. The van der Waals surface area contributed by atoms with Crippen molar-refractivity contribution in [3.8, 4) is 0 Å². The smallest absolute Gasteiger partial charge is 0.340 e. The van der Waals surface area contributed by atoms with Crippen molar-refractivity contribution in [3.05, 3.63) is 29.8 Å². The molecule has 2 rings (SSSR count). The Balaban J connectivity index is 1.99. The number of nitrogens with one attached hydrogen (secondary N) is 1. The molecular formula is C17H23NO6S2. The molecule has 0 radical (unpaired) electrons. The van der Waals surface area contributed by atoms with Crippen molar-refractivity contribution in [2.75, 3.05) is 31.8 Å². The standard InChI is InChI=1S/C17H23NO6S2/c1-12(16(19)18-8-9-23-2)24-17(20)14-5-3-4-6-15(14)25-13-7-10-26(21,22)11-13/h3-6,12-13H,7-11H2,1-2H3,(H,18,19)/t12-,13+/m0/s1. The van der Waals surface area contributed by atoms with Gasteiger partial charge in [-0.25, -0.2) is 13.2 Å². The van der Waals surface area contributed by atoms with Gasteiger partial charge in [-0.2, -0.15) is 0 Å². The number of carbonyl (C=O) groups is 2. The van der Waals surface area contributed by atoms with Crippen LogP contribution in [0.4, 0.5) is 0 Å². The first-order chi connectivity index (χ1) is 12.3. The topological polar surface area (TPSA) is 98.8 Å². The first-order valence-electron chi connectivity index (χ1n) is 8.26. The maximum atomic E-state index is 12.5. The van der Waals surface area contributed by atoms with Gasteiger partial charge in [-0.3, -0.25) is 4.79 Å². The zero-order valence-corrected chi connectivity index (χ0v) is 16.4. The normalized spacial score (nSPS) is 19.7. The Morgan fingerprint density at radius 3 is 2.73 bits per heavy atom. The van der Waals surface area contributed by atoms with Gasteiger partial charge < -0.3 is 14.8 Å². The van der Waals surface area contributed by atoms with Crippen LogP contribution in [0.1, 0.15) is 23.7 Å². The average Bonchev–Trinajstić information content (AvgIpc) is 2.93. The summed E-state index contributed by atoms with van der Waals surface area (Å²) >= 11 is 1.36. The van der Waals surface area contributed by atoms with Crippen molar-refractivity contribution in [1.29, 1.82) is 0 Å². The molecule has 9 heteroatoms. The highest BCUT2D eigenvalue weighted by Crippen LogP contribution is 2.33. The lowest BCUT2D eigenvalue weighted by molar-refractivity contribution is -0.129. The van der Waals surface area contributed by atoms with Gasteiger partial charge in [0.15, 0.2) is 15.9 Å². The quantitative estimate of drug-likeness (QED) is 0.517. The second kappa shape index (κ2) is 9.38. The summed E-state index contributed by atoms with van der Waals surface area (Å²) in [6.45, 7) is 2.20. The Morgan fingerprint density at radius 2 is 2.08 bits per heavy atom. The molecule has 0 aliphatic carbocycles. The number of ether oxygens (including phenoxy) is 2. The number of amides is 1. The van der Waals surface area contributed by atoms with Crippen molar-refractivity contribution in [2.45, 2.75) is 29.6 Å². The van der Waals surface area contributed by atoms with Crippen LogP contribution in [-0.4, -0.2) is 63.4 Å². The summed E-state index contributed by atoms with van der Waals surface area (Å²) in [6.07, 6.45) is -0.376. The van der Waals surface area contributed by atoms with Gasteiger partial charge in [0.05, 0.1) is 23.7 Å². The fraction of sp³-hybridized carbons (Fsp3) is 0.529. The Kier molecular flexibility index (Phi) is 7.48. The van der Waals surface area contributed by atoms with Crippen molar-refractivity contribution >= 4 is 33.5 Å². The number of methoxy groups -OCH3 is 1. The molecule has 0 bridgehead atoms. The third kappa shape index (κ3) is 6.00. The summed E-state index contributed by atoms with van der Waals surface area (Å²) in [7, 11) is -1.46. The zero-order valence-electron chi connectivity index (χ0n) is 14.8. The van der Waals surface area contributed by atoms with E-state index >= 15 is 0 Å². The molecule has 2 atom stereocenters. The van der Waals surface area contributed by atoms with Crippen molar-refractivity contribution in [1.82, 2.24) is 5.32 Å². The highest BCUT2D eigenvalue weighted by atomic mass is 32.2. The van der Waals surface area contributed by atoms with Crippen LogP contribution < -0.4 is 5.32 Å². The van der Waals surface area contributed by atoms with Crippen molar-refractivity contribution < 1.29 is 27.5 Å². The first kappa shape index (κ1) is 20.7. The molecule has 144 valence electrons. The number of benzene rings is 1. The number of hydrogen-bond acceptors (Lipinski definition) is 7. The van der Waals surface area contributed by atoms with Crippen LogP contribution in [0.3, 0.4) is 0 Å². The third-order valence-corrected chi connectivity index (χ3v) is 7.17. The van der Waals surface area contributed by atoms with E-state index < -0.39 is 27.8 Å². The zero-order chi connectivity index (χ0) is 19.2. The van der Waals surface area contributed by atoms with E-state index in [1.165, 1.54) is 25.8 Å². The lowest BCUT2D eigenvalue weighted by Gasteiger charge is -2.16. The first-order valence-corrected chi connectivity index (χ1v) is 11.0.